The Morgan fingerprint density at radius 3 is 2.54 bits per heavy atom. The average Bonchev–Trinajstić information content (AvgIpc) is 2.16. The molecule has 1 amide bonds. The Balaban J connectivity index is 2.95. The fourth-order valence-electron chi connectivity index (χ4n) is 1.02. The molecule has 0 aliphatic heterocycles. The van der Waals surface area contributed by atoms with Crippen molar-refractivity contribution >= 4 is 5.91 Å². The maximum atomic E-state index is 10.8. The first kappa shape index (κ1) is 12.4. The monoisotopic (exact) mass is 187 g/mol. The van der Waals surface area contributed by atoms with E-state index in [4.69, 9.17) is 4.74 Å². The molecule has 0 saturated heterocycles. The molecule has 0 radical (unpaired) electrons. The minimum atomic E-state index is 0.0946. The summed E-state index contributed by atoms with van der Waals surface area (Å²) in [6.45, 7) is 3.71. The minimum Gasteiger partial charge on any atom is -0.381 e. The van der Waals surface area contributed by atoms with Crippen LogP contribution in [-0.2, 0) is 9.53 Å². The zero-order valence-electron chi connectivity index (χ0n) is 8.77. The molecule has 3 nitrogen and oxygen atoms in total. The number of nitrogens with one attached hydrogen (secondary N) is 1. The second-order valence-corrected chi connectivity index (χ2v) is 3.10. The van der Waals surface area contributed by atoms with Crippen molar-refractivity contribution in [2.45, 2.75) is 39.0 Å². The van der Waals surface area contributed by atoms with Gasteiger partial charge in [0.05, 0.1) is 0 Å². The molecule has 0 aliphatic carbocycles. The number of carbonyl (C=O) groups is 1. The first-order valence-electron chi connectivity index (χ1n) is 5.09. The fraction of sp³-hybridized carbons (Fsp3) is 0.900. The zero-order chi connectivity index (χ0) is 9.94. The van der Waals surface area contributed by atoms with Gasteiger partial charge >= 0.3 is 0 Å². The lowest BCUT2D eigenvalue weighted by Gasteiger charge is -2.02. The van der Waals surface area contributed by atoms with Crippen LogP contribution >= 0.6 is 0 Å². The summed E-state index contributed by atoms with van der Waals surface area (Å²) in [5, 5.41) is 2.58. The molecule has 0 saturated carbocycles. The Morgan fingerprint density at radius 1 is 1.23 bits per heavy atom. The van der Waals surface area contributed by atoms with Crippen molar-refractivity contribution in [3.05, 3.63) is 0 Å². The SMILES string of the molecule is CCCCCOCCCC(=O)NC. The first-order valence-corrected chi connectivity index (χ1v) is 5.09. The molecule has 78 valence electrons. The third-order valence-electron chi connectivity index (χ3n) is 1.86. The standard InChI is InChI=1S/C10H21NO2/c1-3-4-5-8-13-9-6-7-10(12)11-2/h3-9H2,1-2H3,(H,11,12). The molecular weight excluding hydrogens is 166 g/mol. The molecule has 0 aliphatic rings. The quantitative estimate of drug-likeness (QED) is 0.588. The van der Waals surface area contributed by atoms with E-state index in [1.165, 1.54) is 12.8 Å². The van der Waals surface area contributed by atoms with Crippen molar-refractivity contribution in [3.63, 3.8) is 0 Å². The average molecular weight is 187 g/mol. The number of hydrogen-bond acceptors (Lipinski definition) is 2. The normalized spacial score (nSPS) is 10.0. The van der Waals surface area contributed by atoms with E-state index in [2.05, 4.69) is 12.2 Å². The van der Waals surface area contributed by atoms with Crippen LogP contribution in [0.1, 0.15) is 39.0 Å². The fourth-order valence-corrected chi connectivity index (χ4v) is 1.02. The van der Waals surface area contributed by atoms with E-state index in [0.717, 1.165) is 19.4 Å². The maximum absolute atomic E-state index is 10.8. The van der Waals surface area contributed by atoms with Gasteiger partial charge in [-0.15, -0.1) is 0 Å². The lowest BCUT2D eigenvalue weighted by molar-refractivity contribution is -0.120. The zero-order valence-corrected chi connectivity index (χ0v) is 8.77. The van der Waals surface area contributed by atoms with Crippen LogP contribution in [0.15, 0.2) is 0 Å². The van der Waals surface area contributed by atoms with Crippen LogP contribution in [0, 0.1) is 0 Å². The van der Waals surface area contributed by atoms with Gasteiger partial charge in [-0.1, -0.05) is 19.8 Å². The predicted molar refractivity (Wildman–Crippen MR) is 53.6 cm³/mol. The number of carbonyl (C=O) groups excluding carboxylic acids is 1. The summed E-state index contributed by atoms with van der Waals surface area (Å²) in [7, 11) is 1.66. The molecule has 0 aromatic rings. The summed E-state index contributed by atoms with van der Waals surface area (Å²) in [6, 6.07) is 0. The van der Waals surface area contributed by atoms with E-state index < -0.39 is 0 Å². The van der Waals surface area contributed by atoms with Gasteiger partial charge in [-0.05, 0) is 12.8 Å². The lowest BCUT2D eigenvalue weighted by atomic mass is 10.3. The number of rotatable bonds is 8. The Hall–Kier alpha value is -0.570. The van der Waals surface area contributed by atoms with Crippen molar-refractivity contribution in [3.8, 4) is 0 Å². The highest BCUT2D eigenvalue weighted by molar-refractivity contribution is 5.75. The molecule has 0 spiro atoms. The smallest absolute Gasteiger partial charge is 0.219 e. The minimum absolute atomic E-state index is 0.0946. The molecule has 0 unspecified atom stereocenters. The molecule has 0 bridgehead atoms. The van der Waals surface area contributed by atoms with Crippen molar-refractivity contribution < 1.29 is 9.53 Å². The van der Waals surface area contributed by atoms with Gasteiger partial charge in [0.25, 0.3) is 0 Å². The van der Waals surface area contributed by atoms with Gasteiger partial charge in [0, 0.05) is 26.7 Å². The lowest BCUT2D eigenvalue weighted by Crippen LogP contribution is -2.17. The topological polar surface area (TPSA) is 38.3 Å². The summed E-state index contributed by atoms with van der Waals surface area (Å²) >= 11 is 0. The molecule has 0 heterocycles. The van der Waals surface area contributed by atoms with Crippen LogP contribution in [0.25, 0.3) is 0 Å². The second kappa shape index (κ2) is 9.52. The van der Waals surface area contributed by atoms with Crippen LogP contribution in [0.4, 0.5) is 0 Å². The molecule has 0 atom stereocenters. The highest BCUT2D eigenvalue weighted by Gasteiger charge is 1.96. The molecule has 0 aromatic carbocycles. The summed E-state index contributed by atoms with van der Waals surface area (Å²) < 4.78 is 5.35. The Labute approximate surface area is 80.8 Å². The van der Waals surface area contributed by atoms with E-state index in [1.807, 2.05) is 0 Å². The second-order valence-electron chi connectivity index (χ2n) is 3.10. The molecule has 0 aromatic heterocycles. The molecule has 0 rings (SSSR count). The Kier molecular flexibility index (Phi) is 9.10. The summed E-state index contributed by atoms with van der Waals surface area (Å²) in [5.41, 5.74) is 0. The van der Waals surface area contributed by atoms with Crippen molar-refractivity contribution in [1.82, 2.24) is 5.32 Å². The van der Waals surface area contributed by atoms with Crippen LogP contribution < -0.4 is 5.32 Å². The predicted octanol–water partition coefficient (Wildman–Crippen LogP) is 1.72. The highest BCUT2D eigenvalue weighted by Crippen LogP contribution is 1.96. The Morgan fingerprint density at radius 2 is 1.92 bits per heavy atom. The first-order chi connectivity index (χ1) is 6.31. The van der Waals surface area contributed by atoms with Crippen molar-refractivity contribution in [2.24, 2.45) is 0 Å². The summed E-state index contributed by atoms with van der Waals surface area (Å²) in [5.74, 6) is 0.0946. The third kappa shape index (κ3) is 9.34. The van der Waals surface area contributed by atoms with Gasteiger partial charge in [-0.2, -0.15) is 0 Å². The van der Waals surface area contributed by atoms with Crippen LogP contribution in [-0.4, -0.2) is 26.2 Å². The van der Waals surface area contributed by atoms with Gasteiger partial charge < -0.3 is 10.1 Å². The molecule has 0 fully saturated rings. The van der Waals surface area contributed by atoms with Gasteiger partial charge in [-0.25, -0.2) is 0 Å². The number of ether oxygens (including phenoxy) is 1. The van der Waals surface area contributed by atoms with E-state index in [1.54, 1.807) is 7.05 Å². The van der Waals surface area contributed by atoms with Gasteiger partial charge in [0.2, 0.25) is 5.91 Å². The third-order valence-corrected chi connectivity index (χ3v) is 1.86. The van der Waals surface area contributed by atoms with Gasteiger partial charge in [-0.3, -0.25) is 4.79 Å². The van der Waals surface area contributed by atoms with Crippen molar-refractivity contribution in [1.29, 1.82) is 0 Å². The van der Waals surface area contributed by atoms with Crippen LogP contribution in [0.3, 0.4) is 0 Å². The number of unbranched alkanes of at least 4 members (excludes halogenated alkanes) is 2. The summed E-state index contributed by atoms with van der Waals surface area (Å²) in [6.07, 6.45) is 4.99. The van der Waals surface area contributed by atoms with Crippen LogP contribution in [0.5, 0.6) is 0 Å². The molecule has 13 heavy (non-hydrogen) atoms. The van der Waals surface area contributed by atoms with E-state index in [9.17, 15) is 4.79 Å². The van der Waals surface area contributed by atoms with Gasteiger partial charge in [0.1, 0.15) is 0 Å². The molecule has 1 N–H and O–H groups in total. The maximum Gasteiger partial charge on any atom is 0.219 e. The summed E-state index contributed by atoms with van der Waals surface area (Å²) in [4.78, 5) is 10.8. The number of hydrogen-bond donors (Lipinski definition) is 1. The van der Waals surface area contributed by atoms with E-state index in [0.29, 0.717) is 13.0 Å². The molecule has 3 heteroatoms. The van der Waals surface area contributed by atoms with Gasteiger partial charge in [0.15, 0.2) is 0 Å². The van der Waals surface area contributed by atoms with E-state index in [-0.39, 0.29) is 5.91 Å². The van der Waals surface area contributed by atoms with Crippen molar-refractivity contribution in [2.75, 3.05) is 20.3 Å². The largest absolute Gasteiger partial charge is 0.381 e. The highest BCUT2D eigenvalue weighted by atomic mass is 16.5. The van der Waals surface area contributed by atoms with Crippen LogP contribution in [0.2, 0.25) is 0 Å². The van der Waals surface area contributed by atoms with E-state index >= 15 is 0 Å². The number of amides is 1. The molecular formula is C10H21NO2. The Bertz CT molecular complexity index is 126.